The van der Waals surface area contributed by atoms with Crippen LogP contribution in [0.25, 0.3) is 0 Å². The summed E-state index contributed by atoms with van der Waals surface area (Å²) in [5, 5.41) is 2.79. The third-order valence-electron chi connectivity index (χ3n) is 3.16. The summed E-state index contributed by atoms with van der Waals surface area (Å²) >= 11 is 0. The molecule has 1 amide bonds. The number of nitrogens with one attached hydrogen (secondary N) is 1. The zero-order valence-electron chi connectivity index (χ0n) is 10.7. The van der Waals surface area contributed by atoms with Crippen LogP contribution in [0.4, 0.5) is 0 Å². The lowest BCUT2D eigenvalue weighted by Gasteiger charge is -2.30. The van der Waals surface area contributed by atoms with E-state index < -0.39 is 0 Å². The highest BCUT2D eigenvalue weighted by atomic mass is 16.5. The summed E-state index contributed by atoms with van der Waals surface area (Å²) in [5.74, 6) is 0.362. The lowest BCUT2D eigenvalue weighted by molar-refractivity contribution is -0.123. The molecular formula is C12H22N2O3. The van der Waals surface area contributed by atoms with Gasteiger partial charge in [0.25, 0.3) is 0 Å². The molecule has 0 heterocycles. The molecule has 98 valence electrons. The van der Waals surface area contributed by atoms with Crippen molar-refractivity contribution in [2.24, 2.45) is 0 Å². The first-order valence-corrected chi connectivity index (χ1v) is 6.11. The van der Waals surface area contributed by atoms with Crippen LogP contribution in [-0.2, 0) is 14.3 Å². The molecule has 0 radical (unpaired) electrons. The summed E-state index contributed by atoms with van der Waals surface area (Å²) in [6, 6.07) is 0.362. The summed E-state index contributed by atoms with van der Waals surface area (Å²) in [6.07, 6.45) is 3.06. The molecule has 0 saturated heterocycles. The fourth-order valence-electron chi connectivity index (χ4n) is 2.07. The summed E-state index contributed by atoms with van der Waals surface area (Å²) < 4.78 is 4.86. The van der Waals surface area contributed by atoms with E-state index in [4.69, 9.17) is 4.74 Å². The van der Waals surface area contributed by atoms with Crippen LogP contribution in [0.1, 0.15) is 25.7 Å². The number of carbonyl (C=O) groups excluding carboxylic acids is 2. The SMILES string of the molecule is COCCNC(=O)CN(C)C1CCC(=O)CC1. The number of ether oxygens (including phenoxy) is 1. The first-order valence-electron chi connectivity index (χ1n) is 6.11. The van der Waals surface area contributed by atoms with Crippen LogP contribution in [0.15, 0.2) is 0 Å². The van der Waals surface area contributed by atoms with Crippen molar-refractivity contribution in [1.29, 1.82) is 0 Å². The molecule has 0 aliphatic heterocycles. The number of hydrogen-bond acceptors (Lipinski definition) is 4. The summed E-state index contributed by atoms with van der Waals surface area (Å²) in [7, 11) is 3.55. The van der Waals surface area contributed by atoms with Gasteiger partial charge in [0.05, 0.1) is 13.2 Å². The molecule has 1 fully saturated rings. The molecule has 1 aliphatic carbocycles. The lowest BCUT2D eigenvalue weighted by atomic mass is 9.93. The number of rotatable bonds is 6. The predicted molar refractivity (Wildman–Crippen MR) is 64.8 cm³/mol. The highest BCUT2D eigenvalue weighted by Crippen LogP contribution is 2.18. The Bertz CT molecular complexity index is 258. The molecule has 0 unspecified atom stereocenters. The normalized spacial score (nSPS) is 17.5. The highest BCUT2D eigenvalue weighted by Gasteiger charge is 2.23. The minimum absolute atomic E-state index is 0.0152. The van der Waals surface area contributed by atoms with Crippen molar-refractivity contribution in [2.75, 3.05) is 33.9 Å². The molecule has 0 aromatic carbocycles. The molecule has 0 spiro atoms. The van der Waals surface area contributed by atoms with Crippen LogP contribution < -0.4 is 5.32 Å². The lowest BCUT2D eigenvalue weighted by Crippen LogP contribution is -2.42. The van der Waals surface area contributed by atoms with E-state index in [1.165, 1.54) is 0 Å². The number of carbonyl (C=O) groups is 2. The Balaban J connectivity index is 2.21. The van der Waals surface area contributed by atoms with E-state index in [0.29, 0.717) is 44.4 Å². The van der Waals surface area contributed by atoms with E-state index in [2.05, 4.69) is 5.32 Å². The average Bonchev–Trinajstić information content (AvgIpc) is 2.30. The molecule has 1 N–H and O–H groups in total. The van der Waals surface area contributed by atoms with E-state index in [9.17, 15) is 9.59 Å². The first-order chi connectivity index (χ1) is 8.13. The van der Waals surface area contributed by atoms with Crippen LogP contribution >= 0.6 is 0 Å². The van der Waals surface area contributed by atoms with Crippen molar-refractivity contribution in [3.63, 3.8) is 0 Å². The highest BCUT2D eigenvalue weighted by molar-refractivity contribution is 5.79. The van der Waals surface area contributed by atoms with Gasteiger partial charge in [-0.2, -0.15) is 0 Å². The Labute approximate surface area is 102 Å². The van der Waals surface area contributed by atoms with Crippen LogP contribution in [0.2, 0.25) is 0 Å². The Kier molecular flexibility index (Phi) is 6.15. The number of methoxy groups -OCH3 is 1. The number of nitrogens with zero attached hydrogens (tertiary/aromatic N) is 1. The summed E-state index contributed by atoms with van der Waals surface area (Å²) in [6.45, 7) is 1.47. The van der Waals surface area contributed by atoms with E-state index in [1.54, 1.807) is 7.11 Å². The standard InChI is InChI=1S/C12H22N2O3/c1-14(9-12(16)13-7-8-17-2)10-3-5-11(15)6-4-10/h10H,3-9H2,1-2H3,(H,13,16). The van der Waals surface area contributed by atoms with Crippen molar-refractivity contribution in [3.05, 3.63) is 0 Å². The van der Waals surface area contributed by atoms with Gasteiger partial charge in [-0.05, 0) is 19.9 Å². The maximum absolute atomic E-state index is 11.6. The topological polar surface area (TPSA) is 58.6 Å². The van der Waals surface area contributed by atoms with Gasteiger partial charge in [0.1, 0.15) is 5.78 Å². The van der Waals surface area contributed by atoms with Gasteiger partial charge in [-0.25, -0.2) is 0 Å². The quantitative estimate of drug-likeness (QED) is 0.676. The Hall–Kier alpha value is -0.940. The van der Waals surface area contributed by atoms with E-state index in [-0.39, 0.29) is 5.91 Å². The van der Waals surface area contributed by atoms with E-state index in [1.807, 2.05) is 11.9 Å². The minimum atomic E-state index is 0.0152. The fourth-order valence-corrected chi connectivity index (χ4v) is 2.07. The number of amides is 1. The molecule has 1 aliphatic rings. The fraction of sp³-hybridized carbons (Fsp3) is 0.833. The average molecular weight is 242 g/mol. The monoisotopic (exact) mass is 242 g/mol. The molecule has 0 bridgehead atoms. The molecule has 17 heavy (non-hydrogen) atoms. The summed E-state index contributed by atoms with van der Waals surface area (Å²) in [4.78, 5) is 24.7. The second kappa shape index (κ2) is 7.40. The zero-order valence-corrected chi connectivity index (χ0v) is 10.7. The van der Waals surface area contributed by atoms with Crippen LogP contribution in [0, 0.1) is 0 Å². The number of likely N-dealkylation sites (N-methyl/N-ethyl adjacent to an activating group) is 1. The van der Waals surface area contributed by atoms with Gasteiger partial charge in [0.15, 0.2) is 0 Å². The van der Waals surface area contributed by atoms with Gasteiger partial charge in [0, 0.05) is 32.5 Å². The van der Waals surface area contributed by atoms with Gasteiger partial charge in [-0.3, -0.25) is 14.5 Å². The molecular weight excluding hydrogens is 220 g/mol. The zero-order chi connectivity index (χ0) is 12.7. The second-order valence-electron chi connectivity index (χ2n) is 4.53. The van der Waals surface area contributed by atoms with Crippen LogP contribution in [0.3, 0.4) is 0 Å². The van der Waals surface area contributed by atoms with Gasteiger partial charge < -0.3 is 10.1 Å². The number of Topliss-reactive ketones (excluding diaryl/α,β-unsaturated/α-hetero) is 1. The second-order valence-corrected chi connectivity index (χ2v) is 4.53. The molecule has 0 aromatic rings. The molecule has 1 rings (SSSR count). The number of ketones is 1. The van der Waals surface area contributed by atoms with E-state index in [0.717, 1.165) is 12.8 Å². The van der Waals surface area contributed by atoms with Crippen LogP contribution in [0.5, 0.6) is 0 Å². The van der Waals surface area contributed by atoms with Gasteiger partial charge in [-0.15, -0.1) is 0 Å². The maximum Gasteiger partial charge on any atom is 0.234 e. The third-order valence-corrected chi connectivity index (χ3v) is 3.16. The molecule has 1 saturated carbocycles. The van der Waals surface area contributed by atoms with Crippen molar-refractivity contribution in [1.82, 2.24) is 10.2 Å². The predicted octanol–water partition coefficient (Wildman–Crippen LogP) is 0.193. The van der Waals surface area contributed by atoms with E-state index >= 15 is 0 Å². The molecule has 0 aromatic heterocycles. The first kappa shape index (κ1) is 14.1. The van der Waals surface area contributed by atoms with Crippen molar-refractivity contribution < 1.29 is 14.3 Å². The molecule has 5 heteroatoms. The van der Waals surface area contributed by atoms with Crippen LogP contribution in [-0.4, -0.2) is 56.5 Å². The van der Waals surface area contributed by atoms with Gasteiger partial charge in [-0.1, -0.05) is 0 Å². The molecule has 5 nitrogen and oxygen atoms in total. The van der Waals surface area contributed by atoms with Crippen molar-refractivity contribution >= 4 is 11.7 Å². The molecule has 0 atom stereocenters. The van der Waals surface area contributed by atoms with Crippen molar-refractivity contribution in [3.8, 4) is 0 Å². The maximum atomic E-state index is 11.6. The third kappa shape index (κ3) is 5.28. The number of hydrogen-bond donors (Lipinski definition) is 1. The van der Waals surface area contributed by atoms with Gasteiger partial charge in [0.2, 0.25) is 5.91 Å². The Morgan fingerprint density at radius 1 is 1.47 bits per heavy atom. The largest absolute Gasteiger partial charge is 0.383 e. The smallest absolute Gasteiger partial charge is 0.234 e. The van der Waals surface area contributed by atoms with Crippen molar-refractivity contribution in [2.45, 2.75) is 31.7 Å². The van der Waals surface area contributed by atoms with Gasteiger partial charge >= 0.3 is 0 Å². The summed E-state index contributed by atoms with van der Waals surface area (Å²) in [5.41, 5.74) is 0. The minimum Gasteiger partial charge on any atom is -0.383 e. The Morgan fingerprint density at radius 2 is 2.12 bits per heavy atom. The Morgan fingerprint density at radius 3 is 2.71 bits per heavy atom.